The van der Waals surface area contributed by atoms with Crippen LogP contribution in [0.1, 0.15) is 36.4 Å². The molecule has 0 aliphatic carbocycles. The summed E-state index contributed by atoms with van der Waals surface area (Å²) in [5.74, 6) is -0.351. The van der Waals surface area contributed by atoms with Crippen molar-refractivity contribution in [2.75, 3.05) is 12.3 Å². The number of aliphatic hydroxyl groups excluding tert-OH is 2. The first kappa shape index (κ1) is 14.6. The standard InChI is InChI=1S/C12H17N3O5/c1-2-7(17)6-4-15(12(19)14-11(6)13)10-3-8(18)9(5-16)20-10/h4,8-10,16,18H,2-3,5H2,1H3,(H2,13,14,19)/t8-,9+,10+/m0/s1. The largest absolute Gasteiger partial charge is 0.394 e. The summed E-state index contributed by atoms with van der Waals surface area (Å²) in [7, 11) is 0. The Bertz CT molecular complexity index is 571. The molecule has 8 heteroatoms. The van der Waals surface area contributed by atoms with E-state index >= 15 is 0 Å². The van der Waals surface area contributed by atoms with Crippen LogP contribution < -0.4 is 11.4 Å². The summed E-state index contributed by atoms with van der Waals surface area (Å²) < 4.78 is 6.49. The number of hydrogen-bond acceptors (Lipinski definition) is 7. The quantitative estimate of drug-likeness (QED) is 0.608. The molecule has 1 aromatic heterocycles. The maximum Gasteiger partial charge on any atom is 0.351 e. The maximum atomic E-state index is 11.8. The second kappa shape index (κ2) is 5.70. The van der Waals surface area contributed by atoms with Crippen molar-refractivity contribution in [1.82, 2.24) is 9.55 Å². The summed E-state index contributed by atoms with van der Waals surface area (Å²) in [4.78, 5) is 27.2. The van der Waals surface area contributed by atoms with Gasteiger partial charge in [-0.1, -0.05) is 6.92 Å². The molecular weight excluding hydrogens is 266 g/mol. The highest BCUT2D eigenvalue weighted by Gasteiger charge is 2.35. The molecule has 0 amide bonds. The van der Waals surface area contributed by atoms with Crippen LogP contribution in [0.2, 0.25) is 0 Å². The first-order valence-electron chi connectivity index (χ1n) is 6.34. The van der Waals surface area contributed by atoms with Gasteiger partial charge in [-0.15, -0.1) is 0 Å². The van der Waals surface area contributed by atoms with E-state index in [1.807, 2.05) is 0 Å². The van der Waals surface area contributed by atoms with Crippen molar-refractivity contribution >= 4 is 11.6 Å². The molecule has 1 aliphatic heterocycles. The molecule has 2 heterocycles. The lowest BCUT2D eigenvalue weighted by Gasteiger charge is -2.15. The molecule has 0 radical (unpaired) electrons. The van der Waals surface area contributed by atoms with Gasteiger partial charge >= 0.3 is 5.69 Å². The molecule has 3 atom stereocenters. The SMILES string of the molecule is CCC(=O)c1cn([C@H]2C[C@H](O)[C@@H](CO)O2)c(=O)nc1N. The van der Waals surface area contributed by atoms with Crippen LogP contribution in [-0.2, 0) is 4.74 Å². The number of carbonyl (C=O) groups is 1. The van der Waals surface area contributed by atoms with E-state index in [1.54, 1.807) is 6.92 Å². The summed E-state index contributed by atoms with van der Waals surface area (Å²) in [5.41, 5.74) is 5.06. The number of rotatable bonds is 4. The number of Topliss-reactive ketones (excluding diaryl/α,β-unsaturated/α-hetero) is 1. The van der Waals surface area contributed by atoms with Crippen LogP contribution in [0.25, 0.3) is 0 Å². The number of ketones is 1. The number of hydrogen-bond donors (Lipinski definition) is 3. The number of aliphatic hydroxyl groups is 2. The fraction of sp³-hybridized carbons (Fsp3) is 0.583. The second-order valence-corrected chi connectivity index (χ2v) is 4.62. The number of nitrogen functional groups attached to an aromatic ring is 1. The van der Waals surface area contributed by atoms with E-state index in [-0.39, 0.29) is 36.6 Å². The molecule has 2 rings (SSSR count). The topological polar surface area (TPSA) is 128 Å². The van der Waals surface area contributed by atoms with Crippen molar-refractivity contribution in [3.05, 3.63) is 22.2 Å². The number of ether oxygens (including phenoxy) is 1. The molecule has 0 spiro atoms. The van der Waals surface area contributed by atoms with Crippen molar-refractivity contribution in [1.29, 1.82) is 0 Å². The Morgan fingerprint density at radius 2 is 2.35 bits per heavy atom. The van der Waals surface area contributed by atoms with Gasteiger partial charge in [-0.05, 0) is 0 Å². The lowest BCUT2D eigenvalue weighted by Crippen LogP contribution is -2.29. The Kier molecular flexibility index (Phi) is 4.17. The van der Waals surface area contributed by atoms with Gasteiger partial charge in [0.1, 0.15) is 18.1 Å². The number of nitrogens with two attached hydrogens (primary N) is 1. The Labute approximate surface area is 114 Å². The van der Waals surface area contributed by atoms with Gasteiger partial charge in [0, 0.05) is 19.0 Å². The third-order valence-corrected chi connectivity index (χ3v) is 3.30. The molecule has 4 N–H and O–H groups in total. The Hall–Kier alpha value is -1.77. The lowest BCUT2D eigenvalue weighted by atomic mass is 10.1. The number of nitrogens with zero attached hydrogens (tertiary/aromatic N) is 2. The first-order valence-corrected chi connectivity index (χ1v) is 6.34. The van der Waals surface area contributed by atoms with Crippen molar-refractivity contribution in [2.45, 2.75) is 38.2 Å². The number of carbonyl (C=O) groups excluding carboxylic acids is 1. The minimum absolute atomic E-state index is 0.115. The Balaban J connectivity index is 2.38. The molecule has 20 heavy (non-hydrogen) atoms. The van der Waals surface area contributed by atoms with Gasteiger partial charge in [0.15, 0.2) is 5.78 Å². The smallest absolute Gasteiger partial charge is 0.351 e. The highest BCUT2D eigenvalue weighted by Crippen LogP contribution is 2.27. The average Bonchev–Trinajstić information content (AvgIpc) is 2.79. The fourth-order valence-electron chi connectivity index (χ4n) is 2.14. The van der Waals surface area contributed by atoms with Crippen molar-refractivity contribution < 1.29 is 19.7 Å². The third-order valence-electron chi connectivity index (χ3n) is 3.30. The van der Waals surface area contributed by atoms with Gasteiger partial charge in [0.2, 0.25) is 0 Å². The molecule has 1 saturated heterocycles. The predicted octanol–water partition coefficient (Wildman–Crippen LogP) is -0.941. The molecule has 110 valence electrons. The van der Waals surface area contributed by atoms with Crippen LogP contribution in [0.5, 0.6) is 0 Å². The van der Waals surface area contributed by atoms with Gasteiger partial charge in [-0.2, -0.15) is 4.98 Å². The molecular formula is C12H17N3O5. The van der Waals surface area contributed by atoms with E-state index in [9.17, 15) is 14.7 Å². The highest BCUT2D eigenvalue weighted by atomic mass is 16.5. The maximum absolute atomic E-state index is 11.8. The predicted molar refractivity (Wildman–Crippen MR) is 69.2 cm³/mol. The van der Waals surface area contributed by atoms with E-state index < -0.39 is 24.1 Å². The van der Waals surface area contributed by atoms with E-state index in [0.717, 1.165) is 4.57 Å². The number of anilines is 1. The highest BCUT2D eigenvalue weighted by molar-refractivity contribution is 5.99. The van der Waals surface area contributed by atoms with Crippen molar-refractivity contribution in [3.8, 4) is 0 Å². The van der Waals surface area contributed by atoms with E-state index in [2.05, 4.69) is 4.98 Å². The van der Waals surface area contributed by atoms with E-state index in [0.29, 0.717) is 0 Å². The zero-order valence-corrected chi connectivity index (χ0v) is 11.0. The summed E-state index contributed by atoms with van der Waals surface area (Å²) in [6.45, 7) is 1.32. The minimum atomic E-state index is -0.875. The molecule has 8 nitrogen and oxygen atoms in total. The summed E-state index contributed by atoms with van der Waals surface area (Å²) in [6.07, 6.45) is -0.734. The van der Waals surface area contributed by atoms with Crippen LogP contribution in [0, 0.1) is 0 Å². The lowest BCUT2D eigenvalue weighted by molar-refractivity contribution is -0.0459. The van der Waals surface area contributed by atoms with E-state index in [4.69, 9.17) is 15.6 Å². The van der Waals surface area contributed by atoms with Crippen LogP contribution in [0.15, 0.2) is 11.0 Å². The second-order valence-electron chi connectivity index (χ2n) is 4.62. The summed E-state index contributed by atoms with van der Waals surface area (Å²) in [5, 5.41) is 18.7. The van der Waals surface area contributed by atoms with Gasteiger partial charge < -0.3 is 20.7 Å². The molecule has 0 unspecified atom stereocenters. The Morgan fingerprint density at radius 1 is 1.65 bits per heavy atom. The fourth-order valence-corrected chi connectivity index (χ4v) is 2.14. The number of aromatic nitrogens is 2. The average molecular weight is 283 g/mol. The summed E-state index contributed by atoms with van der Waals surface area (Å²) >= 11 is 0. The van der Waals surface area contributed by atoms with Crippen molar-refractivity contribution in [2.24, 2.45) is 0 Å². The monoisotopic (exact) mass is 283 g/mol. The van der Waals surface area contributed by atoms with Gasteiger partial charge in [0.05, 0.1) is 18.3 Å². The molecule has 0 bridgehead atoms. The molecule has 1 fully saturated rings. The summed E-state index contributed by atoms with van der Waals surface area (Å²) in [6, 6.07) is 0. The molecule has 0 saturated carbocycles. The van der Waals surface area contributed by atoms with Crippen LogP contribution in [0.4, 0.5) is 5.82 Å². The van der Waals surface area contributed by atoms with E-state index in [1.165, 1.54) is 6.20 Å². The normalized spacial score (nSPS) is 25.9. The zero-order valence-electron chi connectivity index (χ0n) is 11.0. The first-order chi connectivity index (χ1) is 9.47. The zero-order chi connectivity index (χ0) is 14.9. The minimum Gasteiger partial charge on any atom is -0.394 e. The van der Waals surface area contributed by atoms with Gasteiger partial charge in [0.25, 0.3) is 0 Å². The molecule has 1 aliphatic rings. The van der Waals surface area contributed by atoms with Crippen LogP contribution in [-0.4, -0.2) is 44.4 Å². The van der Waals surface area contributed by atoms with Gasteiger partial charge in [-0.25, -0.2) is 4.79 Å². The van der Waals surface area contributed by atoms with Crippen molar-refractivity contribution in [3.63, 3.8) is 0 Å². The van der Waals surface area contributed by atoms with Gasteiger partial charge in [-0.3, -0.25) is 9.36 Å². The van der Waals surface area contributed by atoms with Crippen LogP contribution >= 0.6 is 0 Å². The third kappa shape index (κ3) is 2.58. The molecule has 0 aromatic carbocycles. The Morgan fingerprint density at radius 3 is 2.90 bits per heavy atom. The van der Waals surface area contributed by atoms with Crippen LogP contribution in [0.3, 0.4) is 0 Å². The molecule has 1 aromatic rings.